The summed E-state index contributed by atoms with van der Waals surface area (Å²) in [7, 11) is 0. The number of rotatable bonds is 4. The van der Waals surface area contributed by atoms with E-state index in [2.05, 4.69) is 24.6 Å². The van der Waals surface area contributed by atoms with Gasteiger partial charge in [-0.2, -0.15) is 5.90 Å². The Bertz CT molecular complexity index is 204. The van der Waals surface area contributed by atoms with Gasteiger partial charge in [0.2, 0.25) is 0 Å². The molecule has 0 aliphatic heterocycles. The zero-order valence-electron chi connectivity index (χ0n) is 8.76. The summed E-state index contributed by atoms with van der Waals surface area (Å²) in [5, 5.41) is 0. The van der Waals surface area contributed by atoms with Gasteiger partial charge in [0.05, 0.1) is 0 Å². The summed E-state index contributed by atoms with van der Waals surface area (Å²) >= 11 is 0. The minimum atomic E-state index is 0.523. The van der Waals surface area contributed by atoms with Crippen molar-refractivity contribution in [3.8, 4) is 0 Å². The lowest BCUT2D eigenvalue weighted by atomic mass is 10.1. The molecule has 0 aliphatic carbocycles. The molecule has 0 aromatic heterocycles. The van der Waals surface area contributed by atoms with E-state index in [1.54, 1.807) is 19.1 Å². The highest BCUT2D eigenvalue weighted by Crippen LogP contribution is 2.13. The van der Waals surface area contributed by atoms with Crippen LogP contribution in [0.5, 0.6) is 0 Å². The van der Waals surface area contributed by atoms with Crippen molar-refractivity contribution in [2.45, 2.75) is 20.8 Å². The smallest absolute Gasteiger partial charge is 0.156 e. The van der Waals surface area contributed by atoms with Crippen molar-refractivity contribution >= 4 is 0 Å². The maximum atomic E-state index is 5.01. The Kier molecular flexibility index (Phi) is 9.66. The Hall–Kier alpha value is -1.28. The van der Waals surface area contributed by atoms with Gasteiger partial charge in [0.15, 0.2) is 5.76 Å². The van der Waals surface area contributed by atoms with E-state index in [0.29, 0.717) is 5.76 Å². The van der Waals surface area contributed by atoms with Gasteiger partial charge in [-0.1, -0.05) is 45.7 Å². The Labute approximate surface area is 81.0 Å². The zero-order valence-corrected chi connectivity index (χ0v) is 8.76. The number of hydrogen-bond acceptors (Lipinski definition) is 2. The molecule has 2 nitrogen and oxygen atoms in total. The molecule has 0 aromatic carbocycles. The molecule has 0 saturated carbocycles. The molecule has 74 valence electrons. The lowest BCUT2D eigenvalue weighted by Gasteiger charge is -2.05. The molecule has 0 unspecified atom stereocenters. The highest BCUT2D eigenvalue weighted by molar-refractivity contribution is 5.38. The van der Waals surface area contributed by atoms with Crippen molar-refractivity contribution in [2.24, 2.45) is 5.90 Å². The predicted octanol–water partition coefficient (Wildman–Crippen LogP) is 3.11. The van der Waals surface area contributed by atoms with Crippen LogP contribution in [0.3, 0.4) is 0 Å². The van der Waals surface area contributed by atoms with Gasteiger partial charge in [-0.15, -0.1) is 0 Å². The van der Waals surface area contributed by atoms with Crippen LogP contribution in [-0.2, 0) is 4.84 Å². The molecule has 2 heteroatoms. The lowest BCUT2D eigenvalue weighted by molar-refractivity contribution is 0.227. The molecule has 0 spiro atoms. The largest absolute Gasteiger partial charge is 0.411 e. The van der Waals surface area contributed by atoms with Gasteiger partial charge in [0, 0.05) is 5.57 Å². The van der Waals surface area contributed by atoms with Crippen molar-refractivity contribution in [3.05, 3.63) is 48.8 Å². The van der Waals surface area contributed by atoms with Crippen molar-refractivity contribution < 1.29 is 4.84 Å². The van der Waals surface area contributed by atoms with Crippen LogP contribution in [-0.4, -0.2) is 0 Å². The van der Waals surface area contributed by atoms with Crippen LogP contribution in [0.15, 0.2) is 48.8 Å². The highest BCUT2D eigenvalue weighted by atomic mass is 16.6. The molecule has 0 aromatic rings. The molecule has 2 N–H and O–H groups in total. The van der Waals surface area contributed by atoms with Gasteiger partial charge in [-0.05, 0) is 12.5 Å². The third-order valence-corrected chi connectivity index (χ3v) is 1.21. The average Bonchev–Trinajstić information content (AvgIpc) is 2.16. The van der Waals surface area contributed by atoms with Crippen molar-refractivity contribution in [2.75, 3.05) is 0 Å². The van der Waals surface area contributed by atoms with Gasteiger partial charge in [-0.25, -0.2) is 0 Å². The van der Waals surface area contributed by atoms with Gasteiger partial charge in [0.1, 0.15) is 0 Å². The fraction of sp³-hybridized carbons (Fsp3) is 0.273. The van der Waals surface area contributed by atoms with Gasteiger partial charge >= 0.3 is 0 Å². The SMILES string of the molecule is C=CC(C=C)=C(ON)C(=C)C.CC. The molecule has 0 bridgehead atoms. The normalized spacial score (nSPS) is 7.38. The van der Waals surface area contributed by atoms with E-state index in [9.17, 15) is 0 Å². The van der Waals surface area contributed by atoms with Gasteiger partial charge < -0.3 is 4.84 Å². The predicted molar refractivity (Wildman–Crippen MR) is 58.9 cm³/mol. The van der Waals surface area contributed by atoms with Crippen LogP contribution in [0.2, 0.25) is 0 Å². The first-order chi connectivity index (χ1) is 6.17. The molecular formula is C11H19NO. The topological polar surface area (TPSA) is 35.2 Å². The Morgan fingerprint density at radius 1 is 1.23 bits per heavy atom. The highest BCUT2D eigenvalue weighted by Gasteiger charge is 2.01. The van der Waals surface area contributed by atoms with Crippen LogP contribution in [0.1, 0.15) is 20.8 Å². The minimum Gasteiger partial charge on any atom is -0.411 e. The van der Waals surface area contributed by atoms with Crippen LogP contribution < -0.4 is 5.90 Å². The molecule has 13 heavy (non-hydrogen) atoms. The summed E-state index contributed by atoms with van der Waals surface area (Å²) in [6.07, 6.45) is 3.23. The Morgan fingerprint density at radius 2 is 1.62 bits per heavy atom. The van der Waals surface area contributed by atoms with E-state index in [1.165, 1.54) is 0 Å². The third kappa shape index (κ3) is 5.04. The summed E-state index contributed by atoms with van der Waals surface area (Å²) in [6, 6.07) is 0. The van der Waals surface area contributed by atoms with E-state index < -0.39 is 0 Å². The molecule has 0 aliphatic rings. The Balaban J connectivity index is 0. The van der Waals surface area contributed by atoms with Crippen LogP contribution in [0, 0.1) is 0 Å². The molecule has 0 atom stereocenters. The summed E-state index contributed by atoms with van der Waals surface area (Å²) in [5.74, 6) is 5.53. The average molecular weight is 181 g/mol. The minimum absolute atomic E-state index is 0.523. The second kappa shape index (κ2) is 8.81. The van der Waals surface area contributed by atoms with E-state index in [4.69, 9.17) is 5.90 Å². The number of allylic oxidation sites excluding steroid dienone is 4. The molecule has 0 fully saturated rings. The molecule has 0 radical (unpaired) electrons. The first-order valence-electron chi connectivity index (χ1n) is 4.19. The summed E-state index contributed by atoms with van der Waals surface area (Å²) in [6.45, 7) is 16.6. The molecule has 0 heterocycles. The van der Waals surface area contributed by atoms with E-state index in [0.717, 1.165) is 11.1 Å². The van der Waals surface area contributed by atoms with Crippen molar-refractivity contribution in [3.63, 3.8) is 0 Å². The summed E-state index contributed by atoms with van der Waals surface area (Å²) in [5.41, 5.74) is 1.50. The quantitative estimate of drug-likeness (QED) is 0.411. The Morgan fingerprint density at radius 3 is 1.69 bits per heavy atom. The second-order valence-electron chi connectivity index (χ2n) is 2.09. The third-order valence-electron chi connectivity index (χ3n) is 1.21. The number of nitrogens with two attached hydrogens (primary N) is 1. The maximum absolute atomic E-state index is 5.01. The van der Waals surface area contributed by atoms with Crippen molar-refractivity contribution in [1.82, 2.24) is 0 Å². The van der Waals surface area contributed by atoms with Crippen LogP contribution in [0.25, 0.3) is 0 Å². The van der Waals surface area contributed by atoms with Gasteiger partial charge in [-0.3, -0.25) is 0 Å². The molecular weight excluding hydrogens is 162 g/mol. The van der Waals surface area contributed by atoms with Crippen molar-refractivity contribution in [1.29, 1.82) is 0 Å². The summed E-state index contributed by atoms with van der Waals surface area (Å²) in [4.78, 5) is 4.59. The van der Waals surface area contributed by atoms with E-state index in [1.807, 2.05) is 13.8 Å². The zero-order chi connectivity index (χ0) is 10.9. The summed E-state index contributed by atoms with van der Waals surface area (Å²) < 4.78 is 0. The fourth-order valence-corrected chi connectivity index (χ4v) is 0.684. The first-order valence-corrected chi connectivity index (χ1v) is 4.19. The number of hydrogen-bond donors (Lipinski definition) is 1. The van der Waals surface area contributed by atoms with Gasteiger partial charge in [0.25, 0.3) is 0 Å². The fourth-order valence-electron chi connectivity index (χ4n) is 0.684. The molecule has 0 amide bonds. The van der Waals surface area contributed by atoms with Crippen LogP contribution in [0.4, 0.5) is 0 Å². The monoisotopic (exact) mass is 181 g/mol. The van der Waals surface area contributed by atoms with E-state index in [-0.39, 0.29) is 0 Å². The first kappa shape index (κ1) is 14.3. The maximum Gasteiger partial charge on any atom is 0.156 e. The second-order valence-corrected chi connectivity index (χ2v) is 2.09. The van der Waals surface area contributed by atoms with Crippen LogP contribution >= 0.6 is 0 Å². The van der Waals surface area contributed by atoms with E-state index >= 15 is 0 Å². The lowest BCUT2D eigenvalue weighted by Crippen LogP contribution is -2.02. The molecule has 0 saturated heterocycles. The molecule has 0 rings (SSSR count). The standard InChI is InChI=1S/C9H13NO.C2H6/c1-5-8(6-2)9(11-10)7(3)4;1-2/h5-6H,1-3,10H2,4H3;1-2H3.